The van der Waals surface area contributed by atoms with Gasteiger partial charge in [0.15, 0.2) is 6.10 Å². The highest BCUT2D eigenvalue weighted by atomic mass is 19.1. The molecule has 0 radical (unpaired) electrons. The standard InChI is InChI=1S/C20H24FNO3/c1-4-19(25-18-11-7-16(21)8-12-18)20(23)22-13-15-5-9-17(10-6-15)24-14(2)3/h5-12,14,19H,4,13H2,1-3H3,(H,22,23)/t19-/m0/s1. The first kappa shape index (κ1) is 18.8. The molecule has 25 heavy (non-hydrogen) atoms. The molecule has 1 N–H and O–H groups in total. The highest BCUT2D eigenvalue weighted by Gasteiger charge is 2.18. The zero-order valence-corrected chi connectivity index (χ0v) is 14.8. The largest absolute Gasteiger partial charge is 0.491 e. The second-order valence-corrected chi connectivity index (χ2v) is 6.00. The predicted molar refractivity (Wildman–Crippen MR) is 95.2 cm³/mol. The molecule has 134 valence electrons. The summed E-state index contributed by atoms with van der Waals surface area (Å²) in [6, 6.07) is 13.2. The van der Waals surface area contributed by atoms with Gasteiger partial charge in [0.05, 0.1) is 6.10 Å². The van der Waals surface area contributed by atoms with Crippen molar-refractivity contribution in [2.75, 3.05) is 0 Å². The quantitative estimate of drug-likeness (QED) is 0.784. The van der Waals surface area contributed by atoms with E-state index in [0.29, 0.717) is 18.7 Å². The van der Waals surface area contributed by atoms with E-state index < -0.39 is 6.10 Å². The van der Waals surface area contributed by atoms with Gasteiger partial charge < -0.3 is 14.8 Å². The van der Waals surface area contributed by atoms with Gasteiger partial charge in [0.25, 0.3) is 5.91 Å². The van der Waals surface area contributed by atoms with Crippen LogP contribution in [-0.4, -0.2) is 18.1 Å². The van der Waals surface area contributed by atoms with E-state index in [1.165, 1.54) is 24.3 Å². The van der Waals surface area contributed by atoms with E-state index in [1.807, 2.05) is 45.0 Å². The molecule has 0 unspecified atom stereocenters. The lowest BCUT2D eigenvalue weighted by atomic mass is 10.2. The second-order valence-electron chi connectivity index (χ2n) is 6.00. The molecule has 5 heteroatoms. The van der Waals surface area contributed by atoms with E-state index in [4.69, 9.17) is 9.47 Å². The normalized spacial score (nSPS) is 11.9. The molecule has 0 spiro atoms. The third-order valence-corrected chi connectivity index (χ3v) is 3.52. The average molecular weight is 345 g/mol. The number of carbonyl (C=O) groups excluding carboxylic acids is 1. The minimum atomic E-state index is -0.617. The monoisotopic (exact) mass is 345 g/mol. The summed E-state index contributed by atoms with van der Waals surface area (Å²) in [6.07, 6.45) is 0.0261. The van der Waals surface area contributed by atoms with Gasteiger partial charge in [-0.25, -0.2) is 4.39 Å². The van der Waals surface area contributed by atoms with E-state index in [0.717, 1.165) is 11.3 Å². The van der Waals surface area contributed by atoms with E-state index in [9.17, 15) is 9.18 Å². The maximum atomic E-state index is 12.9. The number of rotatable bonds is 8. The molecular weight excluding hydrogens is 321 g/mol. The van der Waals surface area contributed by atoms with Gasteiger partial charge in [-0.3, -0.25) is 4.79 Å². The van der Waals surface area contributed by atoms with Crippen LogP contribution in [-0.2, 0) is 11.3 Å². The van der Waals surface area contributed by atoms with Crippen molar-refractivity contribution < 1.29 is 18.7 Å². The number of nitrogens with one attached hydrogen (secondary N) is 1. The number of benzene rings is 2. The van der Waals surface area contributed by atoms with Crippen molar-refractivity contribution in [3.8, 4) is 11.5 Å². The number of ether oxygens (including phenoxy) is 2. The van der Waals surface area contributed by atoms with Gasteiger partial charge in [0.1, 0.15) is 17.3 Å². The Bertz CT molecular complexity index is 668. The van der Waals surface area contributed by atoms with Crippen LogP contribution in [0.3, 0.4) is 0 Å². The summed E-state index contributed by atoms with van der Waals surface area (Å²) in [5.41, 5.74) is 0.973. The lowest BCUT2D eigenvalue weighted by molar-refractivity contribution is -0.128. The Balaban J connectivity index is 1.87. The molecule has 1 amide bonds. The number of halogens is 1. The summed E-state index contributed by atoms with van der Waals surface area (Å²) >= 11 is 0. The molecule has 0 aliphatic rings. The molecule has 2 aromatic carbocycles. The third-order valence-electron chi connectivity index (χ3n) is 3.52. The maximum absolute atomic E-state index is 12.9. The van der Waals surface area contributed by atoms with Crippen LogP contribution in [0.15, 0.2) is 48.5 Å². The van der Waals surface area contributed by atoms with Crippen molar-refractivity contribution in [1.82, 2.24) is 5.32 Å². The van der Waals surface area contributed by atoms with Crippen LogP contribution in [0, 0.1) is 5.82 Å². The first-order valence-corrected chi connectivity index (χ1v) is 8.43. The van der Waals surface area contributed by atoms with Crippen molar-refractivity contribution in [1.29, 1.82) is 0 Å². The van der Waals surface area contributed by atoms with E-state index in [2.05, 4.69) is 5.32 Å². The number of amides is 1. The summed E-state index contributed by atoms with van der Waals surface area (Å²) in [6.45, 7) is 6.22. The van der Waals surface area contributed by atoms with Gasteiger partial charge in [0.2, 0.25) is 0 Å². The van der Waals surface area contributed by atoms with Crippen LogP contribution in [0.4, 0.5) is 4.39 Å². The highest BCUT2D eigenvalue weighted by Crippen LogP contribution is 2.16. The third kappa shape index (κ3) is 6.10. The van der Waals surface area contributed by atoms with Crippen LogP contribution in [0.1, 0.15) is 32.8 Å². The molecule has 2 aromatic rings. The van der Waals surface area contributed by atoms with E-state index in [1.54, 1.807) is 0 Å². The van der Waals surface area contributed by atoms with E-state index >= 15 is 0 Å². The fourth-order valence-electron chi connectivity index (χ4n) is 2.26. The van der Waals surface area contributed by atoms with Gasteiger partial charge in [-0.2, -0.15) is 0 Å². The van der Waals surface area contributed by atoms with Crippen LogP contribution in [0.5, 0.6) is 11.5 Å². The van der Waals surface area contributed by atoms with Gasteiger partial charge in [-0.1, -0.05) is 19.1 Å². The summed E-state index contributed by atoms with van der Waals surface area (Å²) < 4.78 is 24.2. The van der Waals surface area contributed by atoms with Crippen LogP contribution < -0.4 is 14.8 Å². The Morgan fingerprint density at radius 1 is 1.00 bits per heavy atom. The lowest BCUT2D eigenvalue weighted by Gasteiger charge is -2.17. The first-order chi connectivity index (χ1) is 12.0. The Labute approximate surface area is 148 Å². The molecule has 0 aromatic heterocycles. The SMILES string of the molecule is CC[C@H](Oc1ccc(F)cc1)C(=O)NCc1ccc(OC(C)C)cc1. The van der Waals surface area contributed by atoms with Crippen molar-refractivity contribution >= 4 is 5.91 Å². The highest BCUT2D eigenvalue weighted by molar-refractivity contribution is 5.81. The minimum Gasteiger partial charge on any atom is -0.491 e. The molecule has 0 bridgehead atoms. The number of hydrogen-bond acceptors (Lipinski definition) is 3. The van der Waals surface area contributed by atoms with Crippen molar-refractivity contribution in [2.24, 2.45) is 0 Å². The average Bonchev–Trinajstić information content (AvgIpc) is 2.60. The Kier molecular flexibility index (Phi) is 6.81. The van der Waals surface area contributed by atoms with Crippen LogP contribution >= 0.6 is 0 Å². The summed E-state index contributed by atoms with van der Waals surface area (Å²) in [4.78, 5) is 12.3. The van der Waals surface area contributed by atoms with Crippen molar-refractivity contribution in [2.45, 2.75) is 45.9 Å². The topological polar surface area (TPSA) is 47.6 Å². The van der Waals surface area contributed by atoms with E-state index in [-0.39, 0.29) is 17.8 Å². The minimum absolute atomic E-state index is 0.125. The summed E-state index contributed by atoms with van der Waals surface area (Å²) in [5.74, 6) is 0.735. The molecule has 2 rings (SSSR count). The van der Waals surface area contributed by atoms with Crippen molar-refractivity contribution in [3.63, 3.8) is 0 Å². The Hall–Kier alpha value is -2.56. The first-order valence-electron chi connectivity index (χ1n) is 8.43. The number of carbonyl (C=O) groups is 1. The van der Waals surface area contributed by atoms with Gasteiger partial charge in [0, 0.05) is 6.54 Å². The zero-order valence-electron chi connectivity index (χ0n) is 14.8. The molecule has 4 nitrogen and oxygen atoms in total. The Morgan fingerprint density at radius 2 is 1.56 bits per heavy atom. The number of hydrogen-bond donors (Lipinski definition) is 1. The zero-order chi connectivity index (χ0) is 18.2. The van der Waals surface area contributed by atoms with Crippen LogP contribution in [0.25, 0.3) is 0 Å². The van der Waals surface area contributed by atoms with Crippen molar-refractivity contribution in [3.05, 3.63) is 59.9 Å². The molecule has 0 aliphatic heterocycles. The molecule has 0 fully saturated rings. The van der Waals surface area contributed by atoms with Gasteiger partial charge >= 0.3 is 0 Å². The fraction of sp³-hybridized carbons (Fsp3) is 0.350. The molecule has 0 aliphatic carbocycles. The molecule has 0 heterocycles. The lowest BCUT2D eigenvalue weighted by Crippen LogP contribution is -2.37. The summed E-state index contributed by atoms with van der Waals surface area (Å²) in [5, 5.41) is 2.86. The van der Waals surface area contributed by atoms with Gasteiger partial charge in [-0.05, 0) is 62.2 Å². The molecular formula is C20H24FNO3. The second kappa shape index (κ2) is 9.06. The van der Waals surface area contributed by atoms with Crippen LogP contribution in [0.2, 0.25) is 0 Å². The molecule has 0 saturated carbocycles. The molecule has 1 atom stereocenters. The van der Waals surface area contributed by atoms with Gasteiger partial charge in [-0.15, -0.1) is 0 Å². The maximum Gasteiger partial charge on any atom is 0.261 e. The predicted octanol–water partition coefficient (Wildman–Crippen LogP) is 4.09. The smallest absolute Gasteiger partial charge is 0.261 e. The summed E-state index contributed by atoms with van der Waals surface area (Å²) in [7, 11) is 0. The Morgan fingerprint density at radius 3 is 2.12 bits per heavy atom. The molecule has 0 saturated heterocycles. The fourth-order valence-corrected chi connectivity index (χ4v) is 2.26.